The predicted molar refractivity (Wildman–Crippen MR) is 120 cm³/mol. The number of rotatable bonds is 3. The van der Waals surface area contributed by atoms with Gasteiger partial charge in [-0.1, -0.05) is 6.07 Å². The van der Waals surface area contributed by atoms with E-state index in [-0.39, 0.29) is 11.9 Å². The van der Waals surface area contributed by atoms with Gasteiger partial charge in [0.25, 0.3) is 0 Å². The highest BCUT2D eigenvalue weighted by molar-refractivity contribution is 7.22. The molecule has 1 saturated heterocycles. The molecular weight excluding hydrogens is 398 g/mol. The van der Waals surface area contributed by atoms with Gasteiger partial charge in [-0.15, -0.1) is 11.3 Å². The highest BCUT2D eigenvalue weighted by atomic mass is 32.1. The third kappa shape index (κ3) is 2.90. The second-order valence-electron chi connectivity index (χ2n) is 7.81. The summed E-state index contributed by atoms with van der Waals surface area (Å²) in [5.74, 6) is 1.45. The lowest BCUT2D eigenvalue weighted by molar-refractivity contribution is -0.127. The number of thiophene rings is 1. The number of aryl methyl sites for hydroxylation is 1. The summed E-state index contributed by atoms with van der Waals surface area (Å²) in [4.78, 5) is 23.6. The first-order valence-corrected chi connectivity index (χ1v) is 10.7. The van der Waals surface area contributed by atoms with Crippen LogP contribution in [0.4, 0.5) is 5.82 Å². The fourth-order valence-corrected chi connectivity index (χ4v) is 5.53. The van der Waals surface area contributed by atoms with Gasteiger partial charge in [0.2, 0.25) is 5.91 Å². The molecule has 5 rings (SSSR count). The van der Waals surface area contributed by atoms with Gasteiger partial charge in [0.05, 0.1) is 23.2 Å². The third-order valence-electron chi connectivity index (χ3n) is 5.85. The Hall–Kier alpha value is -3.13. The number of carbonyl (C=O) groups excluding carboxylic acids is 1. The first-order chi connectivity index (χ1) is 14.5. The Kier molecular flexibility index (Phi) is 4.39. The Bertz CT molecular complexity index is 1290. The van der Waals surface area contributed by atoms with Gasteiger partial charge >= 0.3 is 0 Å². The van der Waals surface area contributed by atoms with Gasteiger partial charge in [0.15, 0.2) is 0 Å². The lowest BCUT2D eigenvalue weighted by atomic mass is 10.1. The second-order valence-corrected chi connectivity index (χ2v) is 8.86. The quantitative estimate of drug-likeness (QED) is 0.540. The van der Waals surface area contributed by atoms with Crippen molar-refractivity contribution in [1.29, 1.82) is 0 Å². The topological polar surface area (TPSA) is 86.3 Å². The number of nitrogen functional groups attached to an aromatic ring is 1. The van der Waals surface area contributed by atoms with Crippen molar-refractivity contribution in [1.82, 2.24) is 19.4 Å². The number of aromatic nitrogens is 3. The molecule has 0 radical (unpaired) electrons. The molecule has 154 valence electrons. The fourth-order valence-electron chi connectivity index (χ4n) is 4.38. The van der Waals surface area contributed by atoms with E-state index in [9.17, 15) is 4.79 Å². The molecule has 1 unspecified atom stereocenters. The Labute approximate surface area is 178 Å². The minimum Gasteiger partial charge on any atom is -0.495 e. The van der Waals surface area contributed by atoms with Crippen molar-refractivity contribution in [2.75, 3.05) is 25.9 Å². The third-order valence-corrected chi connectivity index (χ3v) is 7.05. The highest BCUT2D eigenvalue weighted by Gasteiger charge is 2.28. The average molecular weight is 422 g/mol. The average Bonchev–Trinajstić information content (AvgIpc) is 3.43. The largest absolute Gasteiger partial charge is 0.495 e. The number of methoxy groups -OCH3 is 1. The Morgan fingerprint density at radius 1 is 1.30 bits per heavy atom. The number of nitrogens with zero attached hydrogens (tertiary/aromatic N) is 4. The molecule has 3 aromatic heterocycles. The lowest BCUT2D eigenvalue weighted by Crippen LogP contribution is -2.26. The molecule has 1 amide bonds. The normalized spacial score (nSPS) is 16.6. The predicted octanol–water partition coefficient (Wildman–Crippen LogP) is 4.01. The first-order valence-electron chi connectivity index (χ1n) is 9.91. The summed E-state index contributed by atoms with van der Waals surface area (Å²) in [5.41, 5.74) is 9.30. The zero-order valence-corrected chi connectivity index (χ0v) is 18.0. The summed E-state index contributed by atoms with van der Waals surface area (Å²) in [6.45, 7) is 5.13. The minimum absolute atomic E-state index is 0.107. The number of likely N-dealkylation sites (tertiary alicyclic amines) is 1. The van der Waals surface area contributed by atoms with Gasteiger partial charge in [-0.3, -0.25) is 4.79 Å². The summed E-state index contributed by atoms with van der Waals surface area (Å²) in [5, 5.41) is 2.01. The summed E-state index contributed by atoms with van der Waals surface area (Å²) < 4.78 is 8.88. The molecule has 1 fully saturated rings. The zero-order chi connectivity index (χ0) is 21.0. The highest BCUT2D eigenvalue weighted by Crippen LogP contribution is 2.43. The van der Waals surface area contributed by atoms with Crippen molar-refractivity contribution in [2.45, 2.75) is 26.3 Å². The van der Waals surface area contributed by atoms with Crippen LogP contribution in [0.25, 0.3) is 31.6 Å². The van der Waals surface area contributed by atoms with Crippen molar-refractivity contribution in [2.24, 2.45) is 0 Å². The summed E-state index contributed by atoms with van der Waals surface area (Å²) in [7, 11) is 1.70. The van der Waals surface area contributed by atoms with E-state index in [0.29, 0.717) is 12.4 Å². The number of carbonyl (C=O) groups is 1. The van der Waals surface area contributed by atoms with E-state index in [1.165, 1.54) is 6.33 Å². The van der Waals surface area contributed by atoms with Crippen LogP contribution in [0.3, 0.4) is 0 Å². The second kappa shape index (κ2) is 6.98. The smallest absolute Gasteiger partial charge is 0.219 e. The van der Waals surface area contributed by atoms with Crippen molar-refractivity contribution in [3.8, 4) is 16.2 Å². The number of benzene rings is 1. The number of hydrogen-bond donors (Lipinski definition) is 1. The molecule has 0 spiro atoms. The van der Waals surface area contributed by atoms with Gasteiger partial charge in [-0.2, -0.15) is 0 Å². The van der Waals surface area contributed by atoms with E-state index in [2.05, 4.69) is 45.9 Å². The van der Waals surface area contributed by atoms with E-state index in [4.69, 9.17) is 10.5 Å². The maximum Gasteiger partial charge on any atom is 0.219 e. The molecule has 1 aromatic carbocycles. The van der Waals surface area contributed by atoms with Crippen LogP contribution >= 0.6 is 11.3 Å². The molecule has 1 aliphatic rings. The Balaban J connectivity index is 1.69. The van der Waals surface area contributed by atoms with E-state index in [0.717, 1.165) is 55.8 Å². The SMILES string of the molecule is COc1cc(C)cc2cc(-c3cn(C4CCN(C(C)=O)C4)c4ncnc(N)c34)sc12. The monoisotopic (exact) mass is 421 g/mol. The molecule has 4 aromatic rings. The van der Waals surface area contributed by atoms with Crippen molar-refractivity contribution in [3.05, 3.63) is 36.3 Å². The first kappa shape index (κ1) is 18.9. The number of fused-ring (bicyclic) bond motifs is 2. The Morgan fingerprint density at radius 2 is 2.13 bits per heavy atom. The van der Waals surface area contributed by atoms with Crippen molar-refractivity contribution >= 4 is 44.2 Å². The molecule has 0 bridgehead atoms. The van der Waals surface area contributed by atoms with Crippen LogP contribution in [0.1, 0.15) is 24.9 Å². The molecule has 0 aliphatic carbocycles. The lowest BCUT2D eigenvalue weighted by Gasteiger charge is -2.15. The van der Waals surface area contributed by atoms with E-state index in [1.807, 2.05) is 4.90 Å². The zero-order valence-electron chi connectivity index (χ0n) is 17.2. The number of amides is 1. The molecule has 4 heterocycles. The van der Waals surface area contributed by atoms with Gasteiger partial charge in [-0.25, -0.2) is 9.97 Å². The standard InChI is InChI=1S/C22H23N5O2S/c1-12-6-14-8-18(30-20(14)17(7-12)29-3)16-10-27(15-4-5-26(9-15)13(2)28)22-19(16)21(23)24-11-25-22/h6-8,10-11,15H,4-5,9H2,1-3H3,(H2,23,24,25). The van der Waals surface area contributed by atoms with Crippen LogP contribution in [0.15, 0.2) is 30.7 Å². The van der Waals surface area contributed by atoms with Crippen LogP contribution in [0.2, 0.25) is 0 Å². The van der Waals surface area contributed by atoms with Gasteiger partial charge in [-0.05, 0) is 36.4 Å². The molecule has 0 saturated carbocycles. The number of ether oxygens (including phenoxy) is 1. The molecule has 30 heavy (non-hydrogen) atoms. The number of nitrogens with two attached hydrogens (primary N) is 1. The van der Waals surface area contributed by atoms with E-state index >= 15 is 0 Å². The molecule has 2 N–H and O–H groups in total. The maximum atomic E-state index is 11.8. The number of anilines is 1. The molecule has 7 nitrogen and oxygen atoms in total. The van der Waals surface area contributed by atoms with Gasteiger partial charge < -0.3 is 19.9 Å². The van der Waals surface area contributed by atoms with Crippen LogP contribution in [-0.4, -0.2) is 45.5 Å². The molecule has 8 heteroatoms. The van der Waals surface area contributed by atoms with Crippen LogP contribution in [-0.2, 0) is 4.79 Å². The van der Waals surface area contributed by atoms with E-state index in [1.54, 1.807) is 25.4 Å². The van der Waals surface area contributed by atoms with Gasteiger partial charge in [0.1, 0.15) is 23.5 Å². The van der Waals surface area contributed by atoms with Crippen LogP contribution < -0.4 is 10.5 Å². The maximum absolute atomic E-state index is 11.8. The van der Waals surface area contributed by atoms with Crippen molar-refractivity contribution < 1.29 is 9.53 Å². The van der Waals surface area contributed by atoms with E-state index < -0.39 is 0 Å². The van der Waals surface area contributed by atoms with Gasteiger partial charge in [0, 0.05) is 36.7 Å². The molecule has 1 atom stereocenters. The number of hydrogen-bond acceptors (Lipinski definition) is 6. The summed E-state index contributed by atoms with van der Waals surface area (Å²) >= 11 is 1.68. The summed E-state index contributed by atoms with van der Waals surface area (Å²) in [6, 6.07) is 6.57. The fraction of sp³-hybridized carbons (Fsp3) is 0.318. The molecule has 1 aliphatic heterocycles. The molecular formula is C22H23N5O2S. The van der Waals surface area contributed by atoms with Crippen LogP contribution in [0, 0.1) is 6.92 Å². The Morgan fingerprint density at radius 3 is 2.87 bits per heavy atom. The minimum atomic E-state index is 0.107. The summed E-state index contributed by atoms with van der Waals surface area (Å²) in [6.07, 6.45) is 4.52. The van der Waals surface area contributed by atoms with Crippen LogP contribution in [0.5, 0.6) is 5.75 Å². The van der Waals surface area contributed by atoms with Crippen molar-refractivity contribution in [3.63, 3.8) is 0 Å².